The van der Waals surface area contributed by atoms with Gasteiger partial charge in [0.1, 0.15) is 0 Å². The number of amides is 1. The molecule has 0 spiro atoms. The number of nitrogens with one attached hydrogen (secondary N) is 2. The van der Waals surface area contributed by atoms with Gasteiger partial charge in [0.2, 0.25) is 5.91 Å². The van der Waals surface area contributed by atoms with Crippen molar-refractivity contribution in [1.29, 1.82) is 0 Å². The van der Waals surface area contributed by atoms with Crippen molar-refractivity contribution < 1.29 is 4.79 Å². The van der Waals surface area contributed by atoms with E-state index in [0.29, 0.717) is 6.54 Å². The SMILES string of the molecule is CCC(CNC)C(=O)NCC(C)(C)c1ccccc1. The van der Waals surface area contributed by atoms with Crippen LogP contribution in [0, 0.1) is 5.92 Å². The summed E-state index contributed by atoms with van der Waals surface area (Å²) in [4.78, 5) is 12.1. The summed E-state index contributed by atoms with van der Waals surface area (Å²) in [5.41, 5.74) is 1.20. The second-order valence-electron chi connectivity index (χ2n) is 5.63. The van der Waals surface area contributed by atoms with Crippen molar-refractivity contribution in [3.05, 3.63) is 35.9 Å². The predicted octanol–water partition coefficient (Wildman–Crippen LogP) is 2.33. The number of carbonyl (C=O) groups is 1. The van der Waals surface area contributed by atoms with Crippen LogP contribution in [0.15, 0.2) is 30.3 Å². The molecule has 0 aliphatic rings. The van der Waals surface area contributed by atoms with E-state index in [1.807, 2.05) is 32.2 Å². The monoisotopic (exact) mass is 262 g/mol. The lowest BCUT2D eigenvalue weighted by Gasteiger charge is -2.27. The fourth-order valence-corrected chi connectivity index (χ4v) is 2.11. The van der Waals surface area contributed by atoms with Crippen LogP contribution in [0.3, 0.4) is 0 Å². The third-order valence-corrected chi connectivity index (χ3v) is 3.57. The van der Waals surface area contributed by atoms with E-state index in [1.54, 1.807) is 0 Å². The van der Waals surface area contributed by atoms with E-state index >= 15 is 0 Å². The quantitative estimate of drug-likeness (QED) is 0.792. The minimum atomic E-state index is -0.0468. The van der Waals surface area contributed by atoms with E-state index in [9.17, 15) is 4.79 Å². The fourth-order valence-electron chi connectivity index (χ4n) is 2.11. The third kappa shape index (κ3) is 4.67. The maximum atomic E-state index is 12.1. The molecule has 1 rings (SSSR count). The van der Waals surface area contributed by atoms with Crippen LogP contribution in [0.2, 0.25) is 0 Å². The Morgan fingerprint density at radius 1 is 1.26 bits per heavy atom. The highest BCUT2D eigenvalue weighted by Gasteiger charge is 2.23. The molecule has 3 heteroatoms. The molecule has 106 valence electrons. The van der Waals surface area contributed by atoms with E-state index in [0.717, 1.165) is 13.0 Å². The summed E-state index contributed by atoms with van der Waals surface area (Å²) in [6, 6.07) is 10.3. The third-order valence-electron chi connectivity index (χ3n) is 3.57. The van der Waals surface area contributed by atoms with Crippen molar-refractivity contribution in [2.45, 2.75) is 32.6 Å². The van der Waals surface area contributed by atoms with Crippen molar-refractivity contribution in [2.75, 3.05) is 20.1 Å². The highest BCUT2D eigenvalue weighted by molar-refractivity contribution is 5.78. The summed E-state index contributed by atoms with van der Waals surface area (Å²) < 4.78 is 0. The van der Waals surface area contributed by atoms with E-state index in [-0.39, 0.29) is 17.2 Å². The lowest BCUT2D eigenvalue weighted by atomic mass is 9.84. The topological polar surface area (TPSA) is 41.1 Å². The number of rotatable bonds is 7. The first-order chi connectivity index (χ1) is 9.01. The summed E-state index contributed by atoms with van der Waals surface area (Å²) in [5.74, 6) is 0.192. The van der Waals surface area contributed by atoms with Gasteiger partial charge in [-0.25, -0.2) is 0 Å². The van der Waals surface area contributed by atoms with Gasteiger partial charge >= 0.3 is 0 Å². The summed E-state index contributed by atoms with van der Waals surface area (Å²) in [7, 11) is 1.88. The Morgan fingerprint density at radius 2 is 1.89 bits per heavy atom. The molecule has 0 bridgehead atoms. The zero-order valence-electron chi connectivity index (χ0n) is 12.5. The molecule has 0 aliphatic carbocycles. The maximum absolute atomic E-state index is 12.1. The molecule has 1 amide bonds. The van der Waals surface area contributed by atoms with Crippen LogP contribution in [0.25, 0.3) is 0 Å². The molecule has 0 aromatic heterocycles. The second kappa shape index (κ2) is 7.29. The smallest absolute Gasteiger partial charge is 0.224 e. The van der Waals surface area contributed by atoms with Crippen molar-refractivity contribution in [2.24, 2.45) is 5.92 Å². The molecule has 3 nitrogen and oxygen atoms in total. The lowest BCUT2D eigenvalue weighted by molar-refractivity contribution is -0.125. The van der Waals surface area contributed by atoms with Crippen LogP contribution < -0.4 is 10.6 Å². The van der Waals surface area contributed by atoms with Crippen molar-refractivity contribution >= 4 is 5.91 Å². The average molecular weight is 262 g/mol. The Kier molecular flexibility index (Phi) is 6.03. The molecule has 1 atom stereocenters. The molecular formula is C16H26N2O. The summed E-state index contributed by atoms with van der Waals surface area (Å²) in [5, 5.41) is 6.15. The minimum absolute atomic E-state index is 0.0468. The molecule has 2 N–H and O–H groups in total. The first kappa shape index (κ1) is 15.7. The number of hydrogen-bond acceptors (Lipinski definition) is 2. The normalized spacial score (nSPS) is 13.1. The zero-order chi connectivity index (χ0) is 14.3. The summed E-state index contributed by atoms with van der Waals surface area (Å²) in [6.07, 6.45) is 0.860. The van der Waals surface area contributed by atoms with Gasteiger partial charge in [-0.15, -0.1) is 0 Å². The highest BCUT2D eigenvalue weighted by Crippen LogP contribution is 2.21. The zero-order valence-corrected chi connectivity index (χ0v) is 12.5. The number of carbonyl (C=O) groups excluding carboxylic acids is 1. The van der Waals surface area contributed by atoms with Crippen LogP contribution in [-0.4, -0.2) is 26.0 Å². The van der Waals surface area contributed by atoms with Crippen LogP contribution in [0.1, 0.15) is 32.8 Å². The molecule has 0 fully saturated rings. The molecular weight excluding hydrogens is 236 g/mol. The molecule has 0 radical (unpaired) electrons. The highest BCUT2D eigenvalue weighted by atomic mass is 16.1. The summed E-state index contributed by atoms with van der Waals surface area (Å²) >= 11 is 0. The standard InChI is InChI=1S/C16H26N2O/c1-5-13(11-17-4)15(19)18-12-16(2,3)14-9-7-6-8-10-14/h6-10,13,17H,5,11-12H2,1-4H3,(H,18,19). The van der Waals surface area contributed by atoms with Gasteiger partial charge in [-0.2, -0.15) is 0 Å². The fraction of sp³-hybridized carbons (Fsp3) is 0.562. The number of benzene rings is 1. The summed E-state index contributed by atoms with van der Waals surface area (Å²) in [6.45, 7) is 7.75. The van der Waals surface area contributed by atoms with Crippen molar-refractivity contribution in [1.82, 2.24) is 10.6 Å². The molecule has 1 aromatic rings. The Hall–Kier alpha value is -1.35. The second-order valence-corrected chi connectivity index (χ2v) is 5.63. The van der Waals surface area contributed by atoms with Gasteiger partial charge in [0.05, 0.1) is 5.92 Å². The van der Waals surface area contributed by atoms with Crippen LogP contribution in [-0.2, 0) is 10.2 Å². The molecule has 1 aromatic carbocycles. The van der Waals surface area contributed by atoms with Gasteiger partial charge < -0.3 is 10.6 Å². The molecule has 0 saturated carbocycles. The molecule has 0 heterocycles. The average Bonchev–Trinajstić information content (AvgIpc) is 2.43. The maximum Gasteiger partial charge on any atom is 0.224 e. The van der Waals surface area contributed by atoms with E-state index in [4.69, 9.17) is 0 Å². The Labute approximate surface area is 116 Å². The van der Waals surface area contributed by atoms with Gasteiger partial charge in [-0.3, -0.25) is 4.79 Å². The minimum Gasteiger partial charge on any atom is -0.355 e. The van der Waals surface area contributed by atoms with Gasteiger partial charge in [-0.05, 0) is 19.0 Å². The van der Waals surface area contributed by atoms with E-state index in [1.165, 1.54) is 5.56 Å². The molecule has 19 heavy (non-hydrogen) atoms. The Balaban J connectivity index is 2.58. The van der Waals surface area contributed by atoms with Gasteiger partial charge in [0.15, 0.2) is 0 Å². The number of hydrogen-bond donors (Lipinski definition) is 2. The van der Waals surface area contributed by atoms with Gasteiger partial charge in [0.25, 0.3) is 0 Å². The molecule has 0 aliphatic heterocycles. The van der Waals surface area contributed by atoms with Crippen molar-refractivity contribution in [3.63, 3.8) is 0 Å². The molecule has 1 unspecified atom stereocenters. The van der Waals surface area contributed by atoms with E-state index in [2.05, 4.69) is 36.6 Å². The first-order valence-corrected chi connectivity index (χ1v) is 6.99. The first-order valence-electron chi connectivity index (χ1n) is 6.99. The van der Waals surface area contributed by atoms with Crippen molar-refractivity contribution in [3.8, 4) is 0 Å². The van der Waals surface area contributed by atoms with Crippen LogP contribution in [0.4, 0.5) is 0 Å². The van der Waals surface area contributed by atoms with Gasteiger partial charge in [0, 0.05) is 18.5 Å². The largest absolute Gasteiger partial charge is 0.355 e. The predicted molar refractivity (Wildman–Crippen MR) is 80.2 cm³/mol. The Morgan fingerprint density at radius 3 is 2.42 bits per heavy atom. The molecule has 0 saturated heterocycles. The van der Waals surface area contributed by atoms with Crippen LogP contribution in [0.5, 0.6) is 0 Å². The Bertz CT molecular complexity index is 387. The lowest BCUT2D eigenvalue weighted by Crippen LogP contribution is -2.41. The van der Waals surface area contributed by atoms with Gasteiger partial charge in [-0.1, -0.05) is 51.1 Å². The van der Waals surface area contributed by atoms with Crippen LogP contribution >= 0.6 is 0 Å². The van der Waals surface area contributed by atoms with E-state index < -0.39 is 0 Å².